The molecular weight excluding hydrogens is 254 g/mol. The van der Waals surface area contributed by atoms with Crippen molar-refractivity contribution in [3.05, 3.63) is 36.2 Å². The van der Waals surface area contributed by atoms with Gasteiger partial charge in [-0.1, -0.05) is 6.07 Å². The van der Waals surface area contributed by atoms with E-state index < -0.39 is 0 Å². The maximum absolute atomic E-state index is 12.0. The zero-order valence-electron chi connectivity index (χ0n) is 11.6. The molecule has 1 fully saturated rings. The van der Waals surface area contributed by atoms with Crippen LogP contribution in [0.4, 0.5) is 0 Å². The van der Waals surface area contributed by atoms with Crippen molar-refractivity contribution in [1.82, 2.24) is 15.2 Å². The van der Waals surface area contributed by atoms with Crippen LogP contribution in [0.2, 0.25) is 0 Å². The summed E-state index contributed by atoms with van der Waals surface area (Å²) in [5.41, 5.74) is 0.904. The molecule has 1 aliphatic rings. The summed E-state index contributed by atoms with van der Waals surface area (Å²) in [4.78, 5) is 29.3. The first-order valence-electron chi connectivity index (χ1n) is 6.79. The van der Waals surface area contributed by atoms with Gasteiger partial charge in [0.2, 0.25) is 11.8 Å². The van der Waals surface area contributed by atoms with Gasteiger partial charge in [-0.3, -0.25) is 14.6 Å². The van der Waals surface area contributed by atoms with Crippen molar-refractivity contribution >= 4 is 17.9 Å². The number of amides is 2. The molecule has 0 unspecified atom stereocenters. The maximum atomic E-state index is 12.0. The van der Waals surface area contributed by atoms with Crippen molar-refractivity contribution in [2.24, 2.45) is 5.92 Å². The highest BCUT2D eigenvalue weighted by atomic mass is 16.2. The number of carbonyl (C=O) groups excluding carboxylic acids is 2. The fourth-order valence-corrected chi connectivity index (χ4v) is 2.31. The summed E-state index contributed by atoms with van der Waals surface area (Å²) in [6.07, 6.45) is 8.19. The third-order valence-electron chi connectivity index (χ3n) is 3.53. The minimum Gasteiger partial charge on any atom is -0.359 e. The van der Waals surface area contributed by atoms with Crippen LogP contribution in [0, 0.1) is 5.92 Å². The number of piperidine rings is 1. The van der Waals surface area contributed by atoms with Crippen LogP contribution in [0.3, 0.4) is 0 Å². The van der Waals surface area contributed by atoms with Crippen molar-refractivity contribution in [3.8, 4) is 0 Å². The number of rotatable bonds is 3. The molecular formula is C15H19N3O2. The van der Waals surface area contributed by atoms with Crippen LogP contribution in [-0.4, -0.2) is 41.8 Å². The Morgan fingerprint density at radius 1 is 1.40 bits per heavy atom. The molecule has 2 amide bonds. The normalized spacial score (nSPS) is 16.4. The van der Waals surface area contributed by atoms with Crippen LogP contribution in [-0.2, 0) is 9.59 Å². The largest absolute Gasteiger partial charge is 0.359 e. The Bertz CT molecular complexity index is 491. The lowest BCUT2D eigenvalue weighted by Crippen LogP contribution is -2.41. The van der Waals surface area contributed by atoms with Crippen LogP contribution in [0.15, 0.2) is 30.6 Å². The number of aromatic nitrogens is 1. The van der Waals surface area contributed by atoms with Crippen molar-refractivity contribution in [3.63, 3.8) is 0 Å². The number of hydrogen-bond donors (Lipinski definition) is 1. The predicted molar refractivity (Wildman–Crippen MR) is 76.6 cm³/mol. The number of nitrogens with zero attached hydrogens (tertiary/aromatic N) is 2. The molecule has 1 saturated heterocycles. The molecule has 0 aromatic carbocycles. The predicted octanol–water partition coefficient (Wildman–Crippen LogP) is 1.08. The van der Waals surface area contributed by atoms with Gasteiger partial charge in [0.25, 0.3) is 0 Å². The van der Waals surface area contributed by atoms with E-state index in [9.17, 15) is 9.59 Å². The van der Waals surface area contributed by atoms with E-state index in [2.05, 4.69) is 10.3 Å². The van der Waals surface area contributed by atoms with Gasteiger partial charge < -0.3 is 10.2 Å². The fourth-order valence-electron chi connectivity index (χ4n) is 2.31. The summed E-state index contributed by atoms with van der Waals surface area (Å²) in [6.45, 7) is 1.27. The molecule has 1 aliphatic heterocycles. The monoisotopic (exact) mass is 273 g/mol. The van der Waals surface area contributed by atoms with E-state index in [1.54, 1.807) is 36.5 Å². The minimum absolute atomic E-state index is 0.00999. The standard InChI is InChI=1S/C15H19N3O2/c1-16-15(20)13-6-9-18(10-7-13)14(19)5-4-12-3-2-8-17-11-12/h2-5,8,11,13H,6-7,9-10H2,1H3,(H,16,20)/b5-4+. The average Bonchev–Trinajstić information content (AvgIpc) is 2.53. The molecule has 20 heavy (non-hydrogen) atoms. The summed E-state index contributed by atoms with van der Waals surface area (Å²) >= 11 is 0. The lowest BCUT2D eigenvalue weighted by molar-refractivity contribution is -0.131. The second-order valence-electron chi connectivity index (χ2n) is 4.83. The molecule has 0 saturated carbocycles. The SMILES string of the molecule is CNC(=O)C1CCN(C(=O)/C=C/c2cccnc2)CC1. The number of nitrogens with one attached hydrogen (secondary N) is 1. The zero-order chi connectivity index (χ0) is 14.4. The molecule has 0 bridgehead atoms. The van der Waals surface area contributed by atoms with Crippen LogP contribution in [0.1, 0.15) is 18.4 Å². The van der Waals surface area contributed by atoms with E-state index >= 15 is 0 Å². The molecule has 5 nitrogen and oxygen atoms in total. The van der Waals surface area contributed by atoms with Gasteiger partial charge in [0.1, 0.15) is 0 Å². The van der Waals surface area contributed by atoms with Crippen LogP contribution in [0.25, 0.3) is 6.08 Å². The molecule has 0 spiro atoms. The van der Waals surface area contributed by atoms with Crippen LogP contribution >= 0.6 is 0 Å². The van der Waals surface area contributed by atoms with Gasteiger partial charge in [0.05, 0.1) is 0 Å². The van der Waals surface area contributed by atoms with Crippen LogP contribution < -0.4 is 5.32 Å². The first-order chi connectivity index (χ1) is 9.70. The summed E-state index contributed by atoms with van der Waals surface area (Å²) in [7, 11) is 1.65. The Morgan fingerprint density at radius 2 is 2.15 bits per heavy atom. The van der Waals surface area contributed by atoms with E-state index in [4.69, 9.17) is 0 Å². The molecule has 1 aromatic rings. The van der Waals surface area contributed by atoms with Gasteiger partial charge >= 0.3 is 0 Å². The highest BCUT2D eigenvalue weighted by molar-refractivity contribution is 5.92. The smallest absolute Gasteiger partial charge is 0.246 e. The minimum atomic E-state index is -0.00999. The highest BCUT2D eigenvalue weighted by Gasteiger charge is 2.25. The summed E-state index contributed by atoms with van der Waals surface area (Å²) in [6, 6.07) is 3.73. The maximum Gasteiger partial charge on any atom is 0.246 e. The zero-order valence-corrected chi connectivity index (χ0v) is 11.6. The molecule has 106 valence electrons. The van der Waals surface area contributed by atoms with Crippen molar-refractivity contribution < 1.29 is 9.59 Å². The Labute approximate surface area is 118 Å². The van der Waals surface area contributed by atoms with Gasteiger partial charge in [-0.05, 0) is 30.5 Å². The number of pyridine rings is 1. The Balaban J connectivity index is 1.86. The van der Waals surface area contributed by atoms with Gasteiger partial charge in [0.15, 0.2) is 0 Å². The Hall–Kier alpha value is -2.17. The third-order valence-corrected chi connectivity index (χ3v) is 3.53. The molecule has 2 heterocycles. The van der Waals surface area contributed by atoms with Gasteiger partial charge in [0, 0.05) is 44.5 Å². The number of hydrogen-bond acceptors (Lipinski definition) is 3. The average molecular weight is 273 g/mol. The second-order valence-corrected chi connectivity index (χ2v) is 4.83. The van der Waals surface area contributed by atoms with Gasteiger partial charge in [-0.2, -0.15) is 0 Å². The van der Waals surface area contributed by atoms with Crippen molar-refractivity contribution in [2.75, 3.05) is 20.1 Å². The molecule has 5 heteroatoms. The van der Waals surface area contributed by atoms with E-state index in [0.29, 0.717) is 13.1 Å². The molecule has 0 aliphatic carbocycles. The number of likely N-dealkylation sites (tertiary alicyclic amines) is 1. The van der Waals surface area contributed by atoms with Gasteiger partial charge in [-0.25, -0.2) is 0 Å². The van der Waals surface area contributed by atoms with E-state index in [0.717, 1.165) is 18.4 Å². The van der Waals surface area contributed by atoms with E-state index in [1.807, 2.05) is 12.1 Å². The van der Waals surface area contributed by atoms with Gasteiger partial charge in [-0.15, -0.1) is 0 Å². The second kappa shape index (κ2) is 6.84. The fraction of sp³-hybridized carbons (Fsp3) is 0.400. The van der Waals surface area contributed by atoms with E-state index in [1.165, 1.54) is 0 Å². The molecule has 2 rings (SSSR count). The van der Waals surface area contributed by atoms with Crippen molar-refractivity contribution in [1.29, 1.82) is 0 Å². The quantitative estimate of drug-likeness (QED) is 0.838. The Morgan fingerprint density at radius 3 is 2.75 bits per heavy atom. The lowest BCUT2D eigenvalue weighted by Gasteiger charge is -2.30. The van der Waals surface area contributed by atoms with Crippen molar-refractivity contribution in [2.45, 2.75) is 12.8 Å². The molecule has 1 aromatic heterocycles. The third kappa shape index (κ3) is 3.66. The summed E-state index contributed by atoms with van der Waals surface area (Å²) < 4.78 is 0. The van der Waals surface area contributed by atoms with Crippen LogP contribution in [0.5, 0.6) is 0 Å². The summed E-state index contributed by atoms with van der Waals surface area (Å²) in [5, 5.41) is 2.66. The highest BCUT2D eigenvalue weighted by Crippen LogP contribution is 2.17. The number of carbonyl (C=O) groups is 2. The summed E-state index contributed by atoms with van der Waals surface area (Å²) in [5.74, 6) is 0.0959. The lowest BCUT2D eigenvalue weighted by atomic mass is 9.96. The topological polar surface area (TPSA) is 62.3 Å². The van der Waals surface area contributed by atoms with E-state index in [-0.39, 0.29) is 17.7 Å². The first kappa shape index (κ1) is 14.2. The molecule has 0 atom stereocenters. The first-order valence-corrected chi connectivity index (χ1v) is 6.79. The Kier molecular flexibility index (Phi) is 4.87. The molecule has 0 radical (unpaired) electrons. The molecule has 1 N–H and O–H groups in total.